The van der Waals surface area contributed by atoms with Crippen molar-refractivity contribution in [2.45, 2.75) is 19.3 Å². The molecule has 5 rings (SSSR count). The number of Topliss-reactive ketones (excluding diaryl/α,β-unsaturated/α-hetero) is 1. The first kappa shape index (κ1) is 20.4. The molecule has 1 unspecified atom stereocenters. The van der Waals surface area contributed by atoms with Crippen LogP contribution in [-0.4, -0.2) is 27.1 Å². The minimum Gasteiger partial charge on any atom is -0.493 e. The molecule has 0 saturated heterocycles. The fraction of sp³-hybridized carbons (Fsp3) is 0.250. The average Bonchev–Trinajstić information content (AvgIpc) is 2.86. The van der Waals surface area contributed by atoms with Gasteiger partial charge in [0.05, 0.1) is 21.3 Å². The van der Waals surface area contributed by atoms with Gasteiger partial charge in [-0.15, -0.1) is 0 Å². The Morgan fingerprint density at radius 2 is 1.59 bits per heavy atom. The predicted molar refractivity (Wildman–Crippen MR) is 126 cm³/mol. The van der Waals surface area contributed by atoms with E-state index < -0.39 is 0 Å². The summed E-state index contributed by atoms with van der Waals surface area (Å²) < 4.78 is 16.3. The van der Waals surface area contributed by atoms with Crippen LogP contribution in [0.5, 0.6) is 17.2 Å². The van der Waals surface area contributed by atoms with Crippen molar-refractivity contribution in [3.05, 3.63) is 75.7 Å². The zero-order valence-electron chi connectivity index (χ0n) is 18.6. The number of rotatable bonds is 5. The predicted octanol–water partition coefficient (Wildman–Crippen LogP) is 3.94. The van der Waals surface area contributed by atoms with E-state index in [1.165, 1.54) is 32.7 Å². The molecule has 0 amide bonds. The van der Waals surface area contributed by atoms with Crippen molar-refractivity contribution in [2.24, 2.45) is 5.92 Å². The van der Waals surface area contributed by atoms with E-state index in [4.69, 9.17) is 14.2 Å². The number of ether oxygens (including phenoxy) is 3. The standard InChI is InChI=1S/C28H26O4/c1-30-25-15-20(16-26(31-2)28(25)32-3)27(29)19-9-8-18-11-12-22-21-7-5-4-6-17(21)10-13-23(22)24(18)14-19/h4-7,11-16,19H,8-10H2,1-3H3. The molecule has 4 heteroatoms. The molecule has 162 valence electrons. The molecule has 0 saturated carbocycles. The molecule has 3 aromatic rings. The molecule has 2 aliphatic rings. The van der Waals surface area contributed by atoms with Crippen LogP contribution in [0, 0.1) is 5.92 Å². The maximum atomic E-state index is 13.5. The second-order valence-electron chi connectivity index (χ2n) is 8.26. The summed E-state index contributed by atoms with van der Waals surface area (Å²) in [5.41, 5.74) is 5.78. The van der Waals surface area contributed by atoms with Gasteiger partial charge >= 0.3 is 0 Å². The molecular formula is C28H26O4. The third-order valence-corrected chi connectivity index (χ3v) is 6.59. The van der Waals surface area contributed by atoms with Crippen molar-refractivity contribution in [1.29, 1.82) is 0 Å². The molecule has 3 aromatic carbocycles. The highest BCUT2D eigenvalue weighted by atomic mass is 16.5. The van der Waals surface area contributed by atoms with Gasteiger partial charge < -0.3 is 14.2 Å². The second-order valence-corrected chi connectivity index (χ2v) is 8.26. The lowest BCUT2D eigenvalue weighted by Crippen LogP contribution is -2.37. The van der Waals surface area contributed by atoms with Crippen LogP contribution in [0.25, 0.3) is 23.3 Å². The van der Waals surface area contributed by atoms with Crippen molar-refractivity contribution in [3.8, 4) is 28.4 Å². The Hall–Kier alpha value is -3.53. The Morgan fingerprint density at radius 1 is 0.844 bits per heavy atom. The Labute approximate surface area is 187 Å². The van der Waals surface area contributed by atoms with Gasteiger partial charge in [-0.3, -0.25) is 4.79 Å². The average molecular weight is 427 g/mol. The highest BCUT2D eigenvalue weighted by Crippen LogP contribution is 2.39. The normalized spacial score (nSPS) is 15.9. The van der Waals surface area contributed by atoms with Crippen LogP contribution in [-0.2, 0) is 12.8 Å². The Morgan fingerprint density at radius 3 is 2.31 bits per heavy atom. The van der Waals surface area contributed by atoms with E-state index in [0.717, 1.165) is 19.3 Å². The fourth-order valence-corrected chi connectivity index (χ4v) is 4.96. The number of aryl methyl sites for hydroxylation is 1. The number of benzene rings is 3. The van der Waals surface area contributed by atoms with Gasteiger partial charge in [-0.2, -0.15) is 0 Å². The summed E-state index contributed by atoms with van der Waals surface area (Å²) in [5, 5.41) is 2.46. The molecule has 2 aliphatic carbocycles. The Kier molecular flexibility index (Phi) is 5.22. The second kappa shape index (κ2) is 8.19. The van der Waals surface area contributed by atoms with E-state index in [1.807, 2.05) is 0 Å². The summed E-state index contributed by atoms with van der Waals surface area (Å²) in [4.78, 5) is 13.5. The molecule has 0 aromatic heterocycles. The number of hydrogen-bond donors (Lipinski definition) is 0. The van der Waals surface area contributed by atoms with E-state index in [-0.39, 0.29) is 11.7 Å². The topological polar surface area (TPSA) is 44.8 Å². The van der Waals surface area contributed by atoms with Crippen molar-refractivity contribution in [1.82, 2.24) is 0 Å². The molecule has 0 radical (unpaired) electrons. The van der Waals surface area contributed by atoms with Crippen LogP contribution in [0.2, 0.25) is 0 Å². The van der Waals surface area contributed by atoms with E-state index in [0.29, 0.717) is 22.8 Å². The molecule has 32 heavy (non-hydrogen) atoms. The van der Waals surface area contributed by atoms with Gasteiger partial charge in [0.15, 0.2) is 17.3 Å². The van der Waals surface area contributed by atoms with Crippen molar-refractivity contribution >= 4 is 17.9 Å². The molecule has 0 bridgehead atoms. The highest BCUT2D eigenvalue weighted by Gasteiger charge is 2.25. The van der Waals surface area contributed by atoms with Crippen molar-refractivity contribution in [3.63, 3.8) is 0 Å². The number of carbonyl (C=O) groups is 1. The van der Waals surface area contributed by atoms with Crippen LogP contribution in [0.15, 0.2) is 48.5 Å². The lowest BCUT2D eigenvalue weighted by atomic mass is 9.82. The van der Waals surface area contributed by atoms with Gasteiger partial charge in [0.1, 0.15) is 0 Å². The first-order valence-electron chi connectivity index (χ1n) is 10.9. The van der Waals surface area contributed by atoms with Crippen LogP contribution in [0.1, 0.15) is 27.9 Å². The SMILES string of the molecule is COc1cc(C(=O)C2C=c3c(ccc4c3=CCc3ccccc3-4)CC2)cc(OC)c1OC. The molecule has 4 nitrogen and oxygen atoms in total. The minimum absolute atomic E-state index is 0.0729. The molecule has 0 heterocycles. The lowest BCUT2D eigenvalue weighted by Gasteiger charge is -2.22. The van der Waals surface area contributed by atoms with Gasteiger partial charge in [0, 0.05) is 11.5 Å². The summed E-state index contributed by atoms with van der Waals surface area (Å²) in [7, 11) is 4.69. The zero-order chi connectivity index (χ0) is 22.2. The summed E-state index contributed by atoms with van der Waals surface area (Å²) in [5.74, 6) is 1.36. The van der Waals surface area contributed by atoms with E-state index in [9.17, 15) is 4.79 Å². The van der Waals surface area contributed by atoms with Gasteiger partial charge in [-0.05, 0) is 64.1 Å². The number of methoxy groups -OCH3 is 3. The smallest absolute Gasteiger partial charge is 0.203 e. The van der Waals surface area contributed by atoms with Crippen molar-refractivity contribution < 1.29 is 19.0 Å². The Balaban J connectivity index is 1.59. The maximum Gasteiger partial charge on any atom is 0.203 e. The monoisotopic (exact) mass is 426 g/mol. The Bertz CT molecular complexity index is 1310. The number of hydrogen-bond acceptors (Lipinski definition) is 4. The van der Waals surface area contributed by atoms with Gasteiger partial charge in [-0.25, -0.2) is 0 Å². The van der Waals surface area contributed by atoms with E-state index >= 15 is 0 Å². The third-order valence-electron chi connectivity index (χ3n) is 6.59. The molecular weight excluding hydrogens is 400 g/mol. The zero-order valence-corrected chi connectivity index (χ0v) is 18.6. The van der Waals surface area contributed by atoms with Gasteiger partial charge in [0.25, 0.3) is 0 Å². The summed E-state index contributed by atoms with van der Waals surface area (Å²) in [6.07, 6.45) is 7.05. The molecule has 0 N–H and O–H groups in total. The van der Waals surface area contributed by atoms with Crippen LogP contribution < -0.4 is 24.6 Å². The quantitative estimate of drug-likeness (QED) is 0.580. The molecule has 0 fully saturated rings. The maximum absolute atomic E-state index is 13.5. The van der Waals surface area contributed by atoms with Crippen LogP contribution in [0.3, 0.4) is 0 Å². The third kappa shape index (κ3) is 3.27. The van der Waals surface area contributed by atoms with Gasteiger partial charge in [-0.1, -0.05) is 48.6 Å². The molecule has 1 atom stereocenters. The molecule has 0 spiro atoms. The van der Waals surface area contributed by atoms with E-state index in [1.54, 1.807) is 33.5 Å². The summed E-state index contributed by atoms with van der Waals surface area (Å²) in [6.45, 7) is 0. The van der Waals surface area contributed by atoms with Crippen molar-refractivity contribution in [2.75, 3.05) is 21.3 Å². The molecule has 0 aliphatic heterocycles. The minimum atomic E-state index is -0.192. The summed E-state index contributed by atoms with van der Waals surface area (Å²) >= 11 is 0. The number of ketones is 1. The summed E-state index contributed by atoms with van der Waals surface area (Å²) in [6, 6.07) is 16.5. The van der Waals surface area contributed by atoms with Gasteiger partial charge in [0.2, 0.25) is 5.75 Å². The first-order chi connectivity index (χ1) is 15.6. The number of fused-ring (bicyclic) bond motifs is 5. The van der Waals surface area contributed by atoms with E-state index in [2.05, 4.69) is 48.6 Å². The largest absolute Gasteiger partial charge is 0.493 e. The fourth-order valence-electron chi connectivity index (χ4n) is 4.96. The first-order valence-corrected chi connectivity index (χ1v) is 10.9. The van der Waals surface area contributed by atoms with Crippen LogP contribution >= 0.6 is 0 Å². The van der Waals surface area contributed by atoms with Crippen LogP contribution in [0.4, 0.5) is 0 Å². The lowest BCUT2D eigenvalue weighted by molar-refractivity contribution is 0.0946. The highest BCUT2D eigenvalue weighted by molar-refractivity contribution is 6.02. The number of carbonyl (C=O) groups excluding carboxylic acids is 1.